The first-order valence-corrected chi connectivity index (χ1v) is 9.55. The Morgan fingerprint density at radius 2 is 1.60 bits per heavy atom. The van der Waals surface area contributed by atoms with Crippen molar-refractivity contribution >= 4 is 18.3 Å². The second-order valence-corrected chi connectivity index (χ2v) is 6.53. The second-order valence-electron chi connectivity index (χ2n) is 6.53. The summed E-state index contributed by atoms with van der Waals surface area (Å²) in [6.45, 7) is 3.22. The highest BCUT2D eigenvalue weighted by molar-refractivity contribution is 5.99. The van der Waals surface area contributed by atoms with Gasteiger partial charge in [-0.05, 0) is 37.1 Å². The van der Waals surface area contributed by atoms with Gasteiger partial charge in [0, 0.05) is 19.7 Å². The van der Waals surface area contributed by atoms with E-state index in [1.54, 1.807) is 18.0 Å². The van der Waals surface area contributed by atoms with Gasteiger partial charge >= 0.3 is 0 Å². The van der Waals surface area contributed by atoms with Crippen LogP contribution >= 0.6 is 12.4 Å². The molecule has 0 aliphatic heterocycles. The Kier molecular flexibility index (Phi) is 10.3. The molecule has 0 radical (unpaired) electrons. The van der Waals surface area contributed by atoms with E-state index in [0.29, 0.717) is 47.4 Å². The van der Waals surface area contributed by atoms with Gasteiger partial charge < -0.3 is 29.6 Å². The third-order valence-corrected chi connectivity index (χ3v) is 4.49. The fourth-order valence-corrected chi connectivity index (χ4v) is 3.08. The van der Waals surface area contributed by atoms with Crippen molar-refractivity contribution in [3.05, 3.63) is 41.5 Å². The Morgan fingerprint density at radius 3 is 2.10 bits per heavy atom. The summed E-state index contributed by atoms with van der Waals surface area (Å²) in [5.41, 5.74) is 7.07. The van der Waals surface area contributed by atoms with Crippen LogP contribution in [0.3, 0.4) is 0 Å². The van der Waals surface area contributed by atoms with E-state index in [-0.39, 0.29) is 18.3 Å². The van der Waals surface area contributed by atoms with Gasteiger partial charge in [-0.15, -0.1) is 12.4 Å². The van der Waals surface area contributed by atoms with Gasteiger partial charge in [0.2, 0.25) is 11.5 Å². The number of carbonyl (C=O) groups is 1. The van der Waals surface area contributed by atoms with Crippen LogP contribution in [0.5, 0.6) is 28.7 Å². The quantitative estimate of drug-likeness (QED) is 0.605. The highest BCUT2D eigenvalue weighted by Crippen LogP contribution is 2.48. The maximum absolute atomic E-state index is 13.0. The predicted octanol–water partition coefficient (Wildman–Crippen LogP) is 3.91. The summed E-state index contributed by atoms with van der Waals surface area (Å²) in [5.74, 6) is 1.75. The molecule has 0 spiro atoms. The molecule has 2 aromatic carbocycles. The molecule has 0 saturated carbocycles. The average molecular weight is 439 g/mol. The molecule has 0 heterocycles. The summed E-state index contributed by atoms with van der Waals surface area (Å²) in [6.07, 6.45) is 1.64. The van der Waals surface area contributed by atoms with Crippen molar-refractivity contribution in [1.29, 1.82) is 0 Å². The summed E-state index contributed by atoms with van der Waals surface area (Å²) < 4.78 is 22.6. The van der Waals surface area contributed by atoms with Crippen molar-refractivity contribution in [3.8, 4) is 28.7 Å². The number of nitrogens with zero attached hydrogens (tertiary/aromatic N) is 1. The molecule has 0 saturated heterocycles. The Bertz CT molecular complexity index is 827. The smallest absolute Gasteiger partial charge is 0.257 e. The lowest BCUT2D eigenvalue weighted by Crippen LogP contribution is -2.28. The Morgan fingerprint density at radius 1 is 1.00 bits per heavy atom. The number of methoxy groups -OCH3 is 3. The first kappa shape index (κ1) is 25.4. The largest absolute Gasteiger partial charge is 0.492 e. The van der Waals surface area contributed by atoms with E-state index in [4.69, 9.17) is 24.7 Å². The first-order chi connectivity index (χ1) is 14.0. The fourth-order valence-electron chi connectivity index (χ4n) is 3.08. The van der Waals surface area contributed by atoms with Gasteiger partial charge in [-0.2, -0.15) is 0 Å². The summed E-state index contributed by atoms with van der Waals surface area (Å²) in [7, 11) is 6.25. The number of hydrogen-bond acceptors (Lipinski definition) is 6. The Labute approximate surface area is 184 Å². The minimum Gasteiger partial charge on any atom is -0.492 e. The SMILES string of the molecule is CCCN(C)C(=O)c1cc(Oc2ccc(CCN)cc2)c(OC)c(OC)c1OC.Cl. The summed E-state index contributed by atoms with van der Waals surface area (Å²) >= 11 is 0. The summed E-state index contributed by atoms with van der Waals surface area (Å²) in [5, 5.41) is 0. The molecule has 166 valence electrons. The molecule has 2 aromatic rings. The van der Waals surface area contributed by atoms with Gasteiger partial charge in [-0.1, -0.05) is 19.1 Å². The monoisotopic (exact) mass is 438 g/mol. The Balaban J connectivity index is 0.00000450. The molecule has 0 aromatic heterocycles. The molecular formula is C22H31ClN2O5. The molecule has 30 heavy (non-hydrogen) atoms. The van der Waals surface area contributed by atoms with Crippen molar-refractivity contribution in [2.45, 2.75) is 19.8 Å². The Hall–Kier alpha value is -2.64. The van der Waals surface area contributed by atoms with Gasteiger partial charge in [0.25, 0.3) is 5.91 Å². The van der Waals surface area contributed by atoms with Crippen LogP contribution in [0, 0.1) is 0 Å². The van der Waals surface area contributed by atoms with Crippen LogP contribution < -0.4 is 24.7 Å². The number of nitrogens with two attached hydrogens (primary N) is 1. The van der Waals surface area contributed by atoms with E-state index in [2.05, 4.69) is 0 Å². The minimum absolute atomic E-state index is 0. The van der Waals surface area contributed by atoms with Crippen molar-refractivity contribution in [1.82, 2.24) is 4.90 Å². The minimum atomic E-state index is -0.187. The van der Waals surface area contributed by atoms with Crippen LogP contribution in [-0.4, -0.2) is 52.3 Å². The van der Waals surface area contributed by atoms with Crippen LogP contribution in [0.4, 0.5) is 0 Å². The average Bonchev–Trinajstić information content (AvgIpc) is 2.73. The van der Waals surface area contributed by atoms with Crippen LogP contribution in [0.15, 0.2) is 30.3 Å². The number of rotatable bonds is 10. The lowest BCUT2D eigenvalue weighted by molar-refractivity contribution is 0.0790. The van der Waals surface area contributed by atoms with Gasteiger partial charge in [0.15, 0.2) is 11.5 Å². The van der Waals surface area contributed by atoms with Crippen LogP contribution in [-0.2, 0) is 6.42 Å². The molecular weight excluding hydrogens is 408 g/mol. The van der Waals surface area contributed by atoms with Gasteiger partial charge in [-0.3, -0.25) is 4.79 Å². The molecule has 0 fully saturated rings. The van der Waals surface area contributed by atoms with Crippen LogP contribution in [0.25, 0.3) is 0 Å². The lowest BCUT2D eigenvalue weighted by Gasteiger charge is -2.22. The second kappa shape index (κ2) is 12.1. The van der Waals surface area contributed by atoms with Crippen molar-refractivity contribution in [3.63, 3.8) is 0 Å². The van der Waals surface area contributed by atoms with E-state index in [1.165, 1.54) is 21.3 Å². The van der Waals surface area contributed by atoms with E-state index in [9.17, 15) is 4.79 Å². The van der Waals surface area contributed by atoms with Crippen LogP contribution in [0.1, 0.15) is 29.3 Å². The van der Waals surface area contributed by atoms with E-state index >= 15 is 0 Å². The maximum atomic E-state index is 13.0. The number of hydrogen-bond donors (Lipinski definition) is 1. The van der Waals surface area contributed by atoms with Crippen molar-refractivity contribution in [2.24, 2.45) is 5.73 Å². The third kappa shape index (κ3) is 5.70. The lowest BCUT2D eigenvalue weighted by atomic mass is 10.1. The zero-order valence-electron chi connectivity index (χ0n) is 18.2. The summed E-state index contributed by atoms with van der Waals surface area (Å²) in [4.78, 5) is 14.6. The maximum Gasteiger partial charge on any atom is 0.257 e. The predicted molar refractivity (Wildman–Crippen MR) is 120 cm³/mol. The molecule has 1 amide bonds. The van der Waals surface area contributed by atoms with Crippen molar-refractivity contribution < 1.29 is 23.7 Å². The van der Waals surface area contributed by atoms with E-state index < -0.39 is 0 Å². The van der Waals surface area contributed by atoms with E-state index in [0.717, 1.165) is 18.4 Å². The number of benzene rings is 2. The molecule has 2 N–H and O–H groups in total. The zero-order chi connectivity index (χ0) is 21.4. The highest BCUT2D eigenvalue weighted by Gasteiger charge is 2.27. The van der Waals surface area contributed by atoms with Crippen molar-refractivity contribution in [2.75, 3.05) is 41.5 Å². The third-order valence-electron chi connectivity index (χ3n) is 4.49. The summed E-state index contributed by atoms with van der Waals surface area (Å²) in [6, 6.07) is 9.24. The van der Waals surface area contributed by atoms with Crippen LogP contribution in [0.2, 0.25) is 0 Å². The molecule has 8 heteroatoms. The highest BCUT2D eigenvalue weighted by atomic mass is 35.5. The number of ether oxygens (including phenoxy) is 4. The number of amides is 1. The standard InChI is InChI=1S/C22H30N2O5.ClH/c1-6-13-24(2)22(25)17-14-18(20(27-4)21(28-5)19(17)26-3)29-16-9-7-15(8-10-16)11-12-23;/h7-10,14H,6,11-13,23H2,1-5H3;1H. The molecule has 0 atom stereocenters. The fraction of sp³-hybridized carbons (Fsp3) is 0.409. The molecule has 2 rings (SSSR count). The van der Waals surface area contributed by atoms with Gasteiger partial charge in [0.05, 0.1) is 26.9 Å². The first-order valence-electron chi connectivity index (χ1n) is 9.55. The molecule has 0 bridgehead atoms. The molecule has 7 nitrogen and oxygen atoms in total. The van der Waals surface area contributed by atoms with Gasteiger partial charge in [0.1, 0.15) is 5.75 Å². The molecule has 0 aliphatic rings. The van der Waals surface area contributed by atoms with Gasteiger partial charge in [-0.25, -0.2) is 0 Å². The molecule has 0 aliphatic carbocycles. The normalized spacial score (nSPS) is 10.1. The topological polar surface area (TPSA) is 83.3 Å². The molecule has 0 unspecified atom stereocenters. The number of carbonyl (C=O) groups excluding carboxylic acids is 1. The number of halogens is 1. The zero-order valence-corrected chi connectivity index (χ0v) is 19.0. The van der Waals surface area contributed by atoms with E-state index in [1.807, 2.05) is 31.2 Å².